The zero-order valence-electron chi connectivity index (χ0n) is 18.7. The summed E-state index contributed by atoms with van der Waals surface area (Å²) in [4.78, 5) is 29.9. The number of hydrogen-bond acceptors (Lipinski definition) is 7. The predicted molar refractivity (Wildman–Crippen MR) is 128 cm³/mol. The summed E-state index contributed by atoms with van der Waals surface area (Å²) in [5, 5.41) is 3.48. The lowest BCUT2D eigenvalue weighted by molar-refractivity contribution is 0.497. The minimum atomic E-state index is -0.647. The van der Waals surface area contributed by atoms with E-state index in [1.165, 1.54) is 22.4 Å². The molecule has 1 saturated heterocycles. The molecule has 0 radical (unpaired) electrons. The Balaban J connectivity index is 2.12. The van der Waals surface area contributed by atoms with Crippen LogP contribution in [-0.2, 0) is 0 Å². The van der Waals surface area contributed by atoms with E-state index < -0.39 is 11.5 Å². The highest BCUT2D eigenvalue weighted by Crippen LogP contribution is 2.34. The Morgan fingerprint density at radius 2 is 2.03 bits per heavy atom. The molecule has 7 nitrogen and oxygen atoms in total. The van der Waals surface area contributed by atoms with E-state index in [9.17, 15) is 9.18 Å². The molecule has 1 N–H and O–H groups in total. The Bertz CT molecular complexity index is 1250. The highest BCUT2D eigenvalue weighted by Gasteiger charge is 2.27. The van der Waals surface area contributed by atoms with Gasteiger partial charge in [0.15, 0.2) is 16.6 Å². The fourth-order valence-electron chi connectivity index (χ4n) is 4.10. The Labute approximate surface area is 195 Å². The molecule has 32 heavy (non-hydrogen) atoms. The van der Waals surface area contributed by atoms with Gasteiger partial charge < -0.3 is 10.2 Å². The summed E-state index contributed by atoms with van der Waals surface area (Å²) in [5.74, 6) is -0.178. The van der Waals surface area contributed by atoms with Crippen LogP contribution in [-0.4, -0.2) is 51.5 Å². The molecule has 3 aromatic rings. The summed E-state index contributed by atoms with van der Waals surface area (Å²) < 4.78 is 16.0. The van der Waals surface area contributed by atoms with Gasteiger partial charge >= 0.3 is 5.69 Å². The van der Waals surface area contributed by atoms with Gasteiger partial charge in [-0.3, -0.25) is 4.98 Å². The normalized spacial score (nSPS) is 16.9. The van der Waals surface area contributed by atoms with Crippen molar-refractivity contribution in [3.05, 3.63) is 45.0 Å². The van der Waals surface area contributed by atoms with Crippen LogP contribution in [0.5, 0.6) is 0 Å². The lowest BCUT2D eigenvalue weighted by Gasteiger charge is -2.35. The van der Waals surface area contributed by atoms with Crippen molar-refractivity contribution in [1.29, 1.82) is 0 Å². The minimum Gasteiger partial charge on any atom is -0.351 e. The molecule has 3 aromatic heterocycles. The van der Waals surface area contributed by atoms with Crippen LogP contribution in [0.15, 0.2) is 21.8 Å². The number of piperazine rings is 1. The highest BCUT2D eigenvalue weighted by molar-refractivity contribution is 7.98. The molecule has 0 aliphatic carbocycles. The van der Waals surface area contributed by atoms with Gasteiger partial charge in [0, 0.05) is 36.3 Å². The second-order valence-electron chi connectivity index (χ2n) is 8.29. The SMILES string of the molecule is CSc1cc(C)nc(C(C)C)c1-n1c(=O)nc(N2CCNC[C@@H]2C)c2cc(F)c(Cl)nc21. The van der Waals surface area contributed by atoms with E-state index in [4.69, 9.17) is 16.6 Å². The molecule has 1 aliphatic heterocycles. The third-order valence-corrected chi connectivity index (χ3v) is 6.65. The van der Waals surface area contributed by atoms with Crippen LogP contribution < -0.4 is 15.9 Å². The molecule has 4 rings (SSSR count). The van der Waals surface area contributed by atoms with E-state index in [1.807, 2.05) is 44.9 Å². The number of rotatable bonds is 4. The Morgan fingerprint density at radius 3 is 2.69 bits per heavy atom. The maximum absolute atomic E-state index is 14.6. The van der Waals surface area contributed by atoms with Crippen molar-refractivity contribution in [2.24, 2.45) is 0 Å². The predicted octanol–water partition coefficient (Wildman–Crippen LogP) is 3.92. The molecule has 0 aromatic carbocycles. The molecule has 1 atom stereocenters. The first-order chi connectivity index (χ1) is 15.2. The summed E-state index contributed by atoms with van der Waals surface area (Å²) in [6.07, 6.45) is 1.94. The van der Waals surface area contributed by atoms with Gasteiger partial charge in [-0.05, 0) is 38.2 Å². The summed E-state index contributed by atoms with van der Waals surface area (Å²) in [6, 6.07) is 3.34. The van der Waals surface area contributed by atoms with Crippen LogP contribution in [0.4, 0.5) is 10.2 Å². The minimum absolute atomic E-state index is 0.0431. The van der Waals surface area contributed by atoms with Gasteiger partial charge in [-0.15, -0.1) is 11.8 Å². The van der Waals surface area contributed by atoms with Crippen molar-refractivity contribution in [3.63, 3.8) is 0 Å². The van der Waals surface area contributed by atoms with Gasteiger partial charge in [-0.2, -0.15) is 4.98 Å². The van der Waals surface area contributed by atoms with E-state index >= 15 is 0 Å². The number of nitrogens with one attached hydrogen (secondary N) is 1. The second-order valence-corrected chi connectivity index (χ2v) is 9.49. The molecule has 10 heteroatoms. The van der Waals surface area contributed by atoms with E-state index in [-0.39, 0.29) is 22.8 Å². The van der Waals surface area contributed by atoms with Crippen molar-refractivity contribution >= 4 is 40.2 Å². The third-order valence-electron chi connectivity index (χ3n) is 5.64. The van der Waals surface area contributed by atoms with Crippen molar-refractivity contribution in [2.75, 3.05) is 30.8 Å². The number of nitrogens with zero attached hydrogens (tertiary/aromatic N) is 5. The van der Waals surface area contributed by atoms with Gasteiger partial charge in [0.25, 0.3) is 0 Å². The van der Waals surface area contributed by atoms with Gasteiger partial charge in [-0.25, -0.2) is 18.7 Å². The number of thioether (sulfide) groups is 1. The second kappa shape index (κ2) is 8.96. The average molecular weight is 477 g/mol. The molecule has 1 fully saturated rings. The number of hydrogen-bond donors (Lipinski definition) is 1. The van der Waals surface area contributed by atoms with Crippen molar-refractivity contribution in [3.8, 4) is 5.69 Å². The topological polar surface area (TPSA) is 75.9 Å². The number of anilines is 1. The number of aryl methyl sites for hydroxylation is 1. The lowest BCUT2D eigenvalue weighted by Crippen LogP contribution is -2.50. The van der Waals surface area contributed by atoms with Crippen LogP contribution in [0, 0.1) is 12.7 Å². The van der Waals surface area contributed by atoms with Gasteiger partial charge in [0.1, 0.15) is 5.82 Å². The first-order valence-corrected chi connectivity index (χ1v) is 12.1. The first kappa shape index (κ1) is 22.9. The van der Waals surface area contributed by atoms with Gasteiger partial charge in [0.2, 0.25) is 0 Å². The number of halogens is 2. The first-order valence-electron chi connectivity index (χ1n) is 10.5. The largest absolute Gasteiger partial charge is 0.355 e. The Morgan fingerprint density at radius 1 is 1.28 bits per heavy atom. The monoisotopic (exact) mass is 476 g/mol. The Hall–Kier alpha value is -2.23. The van der Waals surface area contributed by atoms with E-state index in [2.05, 4.69) is 15.3 Å². The van der Waals surface area contributed by atoms with E-state index in [1.54, 1.807) is 0 Å². The summed E-state index contributed by atoms with van der Waals surface area (Å²) >= 11 is 7.61. The fraction of sp³-hybridized carbons (Fsp3) is 0.455. The molecule has 170 valence electrons. The average Bonchev–Trinajstić information content (AvgIpc) is 2.75. The van der Waals surface area contributed by atoms with Crippen LogP contribution in [0.1, 0.15) is 38.1 Å². The van der Waals surface area contributed by atoms with Gasteiger partial charge in [0.05, 0.1) is 16.8 Å². The Kier molecular flexibility index (Phi) is 6.42. The molecule has 0 spiro atoms. The molecule has 0 bridgehead atoms. The number of aromatic nitrogens is 4. The quantitative estimate of drug-likeness (QED) is 0.451. The third kappa shape index (κ3) is 3.97. The zero-order chi connectivity index (χ0) is 23.2. The van der Waals surface area contributed by atoms with Crippen molar-refractivity contribution in [1.82, 2.24) is 24.8 Å². The molecule has 4 heterocycles. The summed E-state index contributed by atoms with van der Waals surface area (Å²) in [6.45, 7) is 10.1. The van der Waals surface area contributed by atoms with Crippen LogP contribution in [0.25, 0.3) is 16.7 Å². The number of pyridine rings is 2. The zero-order valence-corrected chi connectivity index (χ0v) is 20.3. The molecule has 0 amide bonds. The summed E-state index contributed by atoms with van der Waals surface area (Å²) in [7, 11) is 0. The smallest absolute Gasteiger partial charge is 0.351 e. The summed E-state index contributed by atoms with van der Waals surface area (Å²) in [5.41, 5.74) is 2.02. The van der Waals surface area contributed by atoms with Crippen LogP contribution >= 0.6 is 23.4 Å². The van der Waals surface area contributed by atoms with E-state index in [0.717, 1.165) is 29.4 Å². The molecular weight excluding hydrogens is 451 g/mol. The van der Waals surface area contributed by atoms with E-state index in [0.29, 0.717) is 23.4 Å². The molecular formula is C22H26ClFN6OS. The lowest BCUT2D eigenvalue weighted by atomic mass is 10.1. The van der Waals surface area contributed by atoms with Crippen molar-refractivity contribution in [2.45, 2.75) is 44.6 Å². The molecule has 1 aliphatic rings. The fourth-order valence-corrected chi connectivity index (χ4v) is 4.91. The standard InChI is InChI=1S/C22H26ClFN6OS/c1-11(2)17-18(16(32-5)8-12(3)26-17)30-21-14(9-15(24)19(23)27-21)20(28-22(30)31)29-7-6-25-10-13(29)4/h8-9,11,13,25H,6-7,10H2,1-5H3/t13-/m0/s1. The highest BCUT2D eigenvalue weighted by atomic mass is 35.5. The maximum Gasteiger partial charge on any atom is 0.355 e. The van der Waals surface area contributed by atoms with Gasteiger partial charge in [-0.1, -0.05) is 25.4 Å². The van der Waals surface area contributed by atoms with Crippen LogP contribution in [0.3, 0.4) is 0 Å². The van der Waals surface area contributed by atoms with Crippen molar-refractivity contribution < 1.29 is 4.39 Å². The van der Waals surface area contributed by atoms with Crippen LogP contribution in [0.2, 0.25) is 5.15 Å². The molecule has 0 saturated carbocycles. The number of fused-ring (bicyclic) bond motifs is 1. The molecule has 0 unspecified atom stereocenters. The maximum atomic E-state index is 14.6.